The van der Waals surface area contributed by atoms with Crippen LogP contribution in [-0.2, 0) is 4.79 Å². The normalized spacial score (nSPS) is 29.3. The molecule has 1 saturated heterocycles. The highest BCUT2D eigenvalue weighted by Gasteiger charge is 2.35. The lowest BCUT2D eigenvalue weighted by molar-refractivity contribution is -0.128. The Hall–Kier alpha value is -0.610. The number of hydrogen-bond acceptors (Lipinski definition) is 3. The molecule has 1 amide bonds. The zero-order valence-corrected chi connectivity index (χ0v) is 15.5. The van der Waals surface area contributed by atoms with Crippen molar-refractivity contribution in [1.29, 1.82) is 0 Å². The van der Waals surface area contributed by atoms with Crippen LogP contribution in [-0.4, -0.2) is 46.7 Å². The van der Waals surface area contributed by atoms with E-state index in [4.69, 9.17) is 0 Å². The molecule has 0 aromatic carbocycles. The van der Waals surface area contributed by atoms with Crippen LogP contribution >= 0.6 is 0 Å². The molecular formula is C19H36N2O2. The van der Waals surface area contributed by atoms with E-state index < -0.39 is 5.60 Å². The third-order valence-corrected chi connectivity index (χ3v) is 5.72. The Bertz CT molecular complexity index is 392. The summed E-state index contributed by atoms with van der Waals surface area (Å²) >= 11 is 0. The van der Waals surface area contributed by atoms with Crippen molar-refractivity contribution < 1.29 is 9.90 Å². The second-order valence-electron chi connectivity index (χ2n) is 8.90. The van der Waals surface area contributed by atoms with Gasteiger partial charge in [-0.25, -0.2) is 0 Å². The number of nitrogens with zero attached hydrogens (tertiary/aromatic N) is 1. The number of likely N-dealkylation sites (tertiary alicyclic amines) is 1. The van der Waals surface area contributed by atoms with Gasteiger partial charge >= 0.3 is 0 Å². The third-order valence-electron chi connectivity index (χ3n) is 5.72. The number of nitrogens with one attached hydrogen (secondary N) is 1. The molecule has 2 fully saturated rings. The van der Waals surface area contributed by atoms with Gasteiger partial charge in [0.2, 0.25) is 5.91 Å². The van der Waals surface area contributed by atoms with Crippen LogP contribution < -0.4 is 5.32 Å². The maximum absolute atomic E-state index is 12.3. The fraction of sp³-hybridized carbons (Fsp3) is 0.947. The summed E-state index contributed by atoms with van der Waals surface area (Å²) in [4.78, 5) is 14.8. The number of hydrogen-bond donors (Lipinski definition) is 2. The Kier molecular flexibility index (Phi) is 6.12. The second kappa shape index (κ2) is 7.52. The summed E-state index contributed by atoms with van der Waals surface area (Å²) in [6.07, 6.45) is 6.36. The summed E-state index contributed by atoms with van der Waals surface area (Å²) < 4.78 is 0. The average molecular weight is 325 g/mol. The van der Waals surface area contributed by atoms with E-state index >= 15 is 0 Å². The minimum atomic E-state index is -0.763. The number of piperidine rings is 1. The molecular weight excluding hydrogens is 288 g/mol. The Balaban J connectivity index is 1.82. The van der Waals surface area contributed by atoms with Gasteiger partial charge in [0, 0.05) is 25.2 Å². The molecule has 1 aliphatic carbocycles. The smallest absolute Gasteiger partial charge is 0.222 e. The number of carbonyl (C=O) groups is 1. The minimum absolute atomic E-state index is 0.000538. The van der Waals surface area contributed by atoms with Crippen LogP contribution in [0.1, 0.15) is 72.6 Å². The largest absolute Gasteiger partial charge is 0.389 e. The second-order valence-corrected chi connectivity index (χ2v) is 8.90. The molecule has 1 heterocycles. The van der Waals surface area contributed by atoms with Crippen LogP contribution in [0.4, 0.5) is 0 Å². The minimum Gasteiger partial charge on any atom is -0.389 e. The Morgan fingerprint density at radius 1 is 1.17 bits per heavy atom. The third kappa shape index (κ3) is 5.46. The van der Waals surface area contributed by atoms with E-state index in [0.717, 1.165) is 50.6 Å². The summed E-state index contributed by atoms with van der Waals surface area (Å²) in [5.74, 6) is 1.44. The standard InChI is InChI=1S/C19H36N2O2/c1-15-10-16(2)13-21(12-15)18(3,4)14-20-17(22)11-19(23)8-6-5-7-9-19/h15-16,23H,5-14H2,1-4H3,(H,20,22)/t15-,16-/m1/s1. The van der Waals surface area contributed by atoms with Gasteiger partial charge in [0.1, 0.15) is 0 Å². The van der Waals surface area contributed by atoms with Crippen molar-refractivity contribution >= 4 is 5.91 Å². The van der Waals surface area contributed by atoms with E-state index in [2.05, 4.69) is 37.9 Å². The number of carbonyl (C=O) groups excluding carboxylic acids is 1. The predicted octanol–water partition coefficient (Wildman–Crippen LogP) is 2.94. The zero-order valence-electron chi connectivity index (χ0n) is 15.5. The fourth-order valence-electron chi connectivity index (χ4n) is 4.33. The van der Waals surface area contributed by atoms with E-state index in [1.54, 1.807) is 0 Å². The number of amides is 1. The van der Waals surface area contributed by atoms with Crippen molar-refractivity contribution in [2.75, 3.05) is 19.6 Å². The fourth-order valence-corrected chi connectivity index (χ4v) is 4.33. The van der Waals surface area contributed by atoms with Crippen molar-refractivity contribution in [2.45, 2.75) is 83.8 Å². The first-order chi connectivity index (χ1) is 10.7. The maximum atomic E-state index is 12.3. The van der Waals surface area contributed by atoms with Crippen LogP contribution in [0.2, 0.25) is 0 Å². The summed E-state index contributed by atoms with van der Waals surface area (Å²) in [7, 11) is 0. The topological polar surface area (TPSA) is 52.6 Å². The van der Waals surface area contributed by atoms with E-state index in [0.29, 0.717) is 6.54 Å². The molecule has 0 spiro atoms. The first kappa shape index (κ1) is 18.7. The Labute approximate surface area is 142 Å². The van der Waals surface area contributed by atoms with Crippen molar-refractivity contribution in [3.8, 4) is 0 Å². The summed E-state index contributed by atoms with van der Waals surface area (Å²) in [6, 6.07) is 0. The molecule has 0 bridgehead atoms. The molecule has 1 saturated carbocycles. The Morgan fingerprint density at radius 2 is 1.74 bits per heavy atom. The molecule has 1 aliphatic heterocycles. The van der Waals surface area contributed by atoms with Crippen LogP contribution in [0, 0.1) is 11.8 Å². The van der Waals surface area contributed by atoms with Crippen molar-refractivity contribution in [2.24, 2.45) is 11.8 Å². The van der Waals surface area contributed by atoms with Crippen LogP contribution in [0.15, 0.2) is 0 Å². The van der Waals surface area contributed by atoms with E-state index in [1.165, 1.54) is 12.8 Å². The molecule has 0 aromatic rings. The van der Waals surface area contributed by atoms with Crippen LogP contribution in [0.25, 0.3) is 0 Å². The van der Waals surface area contributed by atoms with Gasteiger partial charge in [-0.05, 0) is 44.9 Å². The first-order valence-corrected chi connectivity index (χ1v) is 9.44. The van der Waals surface area contributed by atoms with Gasteiger partial charge < -0.3 is 10.4 Å². The van der Waals surface area contributed by atoms with Gasteiger partial charge in [-0.2, -0.15) is 0 Å². The van der Waals surface area contributed by atoms with Gasteiger partial charge in [-0.15, -0.1) is 0 Å². The van der Waals surface area contributed by atoms with Gasteiger partial charge in [0.15, 0.2) is 0 Å². The first-order valence-electron chi connectivity index (χ1n) is 9.44. The highest BCUT2D eigenvalue weighted by atomic mass is 16.3. The molecule has 0 radical (unpaired) electrons. The molecule has 0 unspecified atom stereocenters. The quantitative estimate of drug-likeness (QED) is 0.817. The predicted molar refractivity (Wildman–Crippen MR) is 94.3 cm³/mol. The lowest BCUT2D eigenvalue weighted by Crippen LogP contribution is -2.56. The SMILES string of the molecule is C[C@@H]1C[C@@H](C)CN(C(C)(C)CNC(=O)CC2(O)CCCCC2)C1. The average Bonchev–Trinajstić information content (AvgIpc) is 2.44. The lowest BCUT2D eigenvalue weighted by atomic mass is 9.82. The van der Waals surface area contributed by atoms with E-state index in [1.807, 2.05) is 0 Å². The van der Waals surface area contributed by atoms with E-state index in [9.17, 15) is 9.90 Å². The molecule has 23 heavy (non-hydrogen) atoms. The summed E-state index contributed by atoms with van der Waals surface area (Å²) in [5, 5.41) is 13.6. The summed E-state index contributed by atoms with van der Waals surface area (Å²) in [6.45, 7) is 11.9. The molecule has 2 aliphatic rings. The monoisotopic (exact) mass is 324 g/mol. The number of rotatable bonds is 5. The molecule has 2 atom stereocenters. The molecule has 2 N–H and O–H groups in total. The summed E-state index contributed by atoms with van der Waals surface area (Å²) in [5.41, 5.74) is -0.797. The van der Waals surface area contributed by atoms with Gasteiger partial charge in [-0.3, -0.25) is 9.69 Å². The van der Waals surface area contributed by atoms with Crippen LogP contribution in [0.3, 0.4) is 0 Å². The van der Waals surface area contributed by atoms with E-state index in [-0.39, 0.29) is 17.9 Å². The molecule has 4 heteroatoms. The highest BCUT2D eigenvalue weighted by Crippen LogP contribution is 2.31. The van der Waals surface area contributed by atoms with Crippen LogP contribution in [0.5, 0.6) is 0 Å². The highest BCUT2D eigenvalue weighted by molar-refractivity contribution is 5.77. The molecule has 4 nitrogen and oxygen atoms in total. The zero-order chi connectivity index (χ0) is 17.1. The maximum Gasteiger partial charge on any atom is 0.222 e. The van der Waals surface area contributed by atoms with Crippen molar-refractivity contribution in [3.05, 3.63) is 0 Å². The van der Waals surface area contributed by atoms with Crippen molar-refractivity contribution in [1.82, 2.24) is 10.2 Å². The van der Waals surface area contributed by atoms with Gasteiger partial charge in [0.05, 0.1) is 12.0 Å². The molecule has 134 valence electrons. The van der Waals surface area contributed by atoms with Crippen molar-refractivity contribution in [3.63, 3.8) is 0 Å². The molecule has 0 aromatic heterocycles. The van der Waals surface area contributed by atoms with Gasteiger partial charge in [0.25, 0.3) is 0 Å². The Morgan fingerprint density at radius 3 is 2.30 bits per heavy atom. The molecule has 2 rings (SSSR count). The van der Waals surface area contributed by atoms with Gasteiger partial charge in [-0.1, -0.05) is 33.1 Å². The lowest BCUT2D eigenvalue weighted by Gasteiger charge is -2.45. The number of aliphatic hydroxyl groups is 1.